The van der Waals surface area contributed by atoms with Crippen molar-refractivity contribution in [2.45, 2.75) is 0 Å². The summed E-state index contributed by atoms with van der Waals surface area (Å²) in [5, 5.41) is 8.73. The molecule has 0 fully saturated rings. The fourth-order valence-electron chi connectivity index (χ4n) is 1.19. The summed E-state index contributed by atoms with van der Waals surface area (Å²) in [6, 6.07) is 0. The molecule has 0 aliphatic heterocycles. The Hall–Kier alpha value is -0.940. The third-order valence-electron chi connectivity index (χ3n) is 2.13. The standard InChI is InChI=1S/C10H17IN2O6/c1-18-9(16)6-12(5-8(14)15)3-4-13(11)7-10(17)19-2/h3-7H2,1-2H3,(H,14,15). The van der Waals surface area contributed by atoms with E-state index in [1.165, 1.54) is 19.1 Å². The summed E-state index contributed by atoms with van der Waals surface area (Å²) < 4.78 is 10.6. The lowest BCUT2D eigenvalue weighted by atomic mass is 10.4. The van der Waals surface area contributed by atoms with Gasteiger partial charge in [-0.1, -0.05) is 0 Å². The molecule has 1 N–H and O–H groups in total. The van der Waals surface area contributed by atoms with E-state index in [4.69, 9.17) is 5.11 Å². The fourth-order valence-corrected chi connectivity index (χ4v) is 1.68. The van der Waals surface area contributed by atoms with Gasteiger partial charge < -0.3 is 14.6 Å². The topological polar surface area (TPSA) is 96.4 Å². The van der Waals surface area contributed by atoms with Gasteiger partial charge in [-0.3, -0.25) is 19.3 Å². The molecule has 0 bridgehead atoms. The van der Waals surface area contributed by atoms with Gasteiger partial charge in [0.05, 0.1) is 27.3 Å². The van der Waals surface area contributed by atoms with E-state index in [-0.39, 0.29) is 25.6 Å². The van der Waals surface area contributed by atoms with Crippen LogP contribution in [0.2, 0.25) is 0 Å². The Morgan fingerprint density at radius 2 is 1.53 bits per heavy atom. The Bertz CT molecular complexity index is 325. The molecule has 0 saturated carbocycles. The van der Waals surface area contributed by atoms with Crippen molar-refractivity contribution >= 4 is 40.8 Å². The third kappa shape index (κ3) is 9.62. The Balaban J connectivity index is 4.20. The van der Waals surface area contributed by atoms with E-state index in [0.717, 1.165) is 0 Å². The second-order valence-corrected chi connectivity index (χ2v) is 4.97. The third-order valence-corrected chi connectivity index (χ3v) is 2.95. The van der Waals surface area contributed by atoms with Crippen LogP contribution >= 0.6 is 22.9 Å². The molecule has 0 amide bonds. The van der Waals surface area contributed by atoms with Crippen LogP contribution in [0.1, 0.15) is 0 Å². The molecule has 8 nitrogen and oxygen atoms in total. The summed E-state index contributed by atoms with van der Waals surface area (Å²) >= 11 is 1.93. The molecule has 0 aliphatic carbocycles. The van der Waals surface area contributed by atoms with Crippen molar-refractivity contribution in [2.24, 2.45) is 0 Å². The van der Waals surface area contributed by atoms with Gasteiger partial charge in [0, 0.05) is 36.0 Å². The number of ether oxygens (including phenoxy) is 2. The highest BCUT2D eigenvalue weighted by atomic mass is 127. The Morgan fingerprint density at radius 1 is 1.00 bits per heavy atom. The minimum absolute atomic E-state index is 0.0934. The maximum absolute atomic E-state index is 11.1. The summed E-state index contributed by atoms with van der Waals surface area (Å²) in [5.41, 5.74) is 0. The Kier molecular flexibility index (Phi) is 9.43. The highest BCUT2D eigenvalue weighted by Gasteiger charge is 2.16. The SMILES string of the molecule is COC(=O)CN(I)CCN(CC(=O)O)CC(=O)OC. The van der Waals surface area contributed by atoms with E-state index >= 15 is 0 Å². The molecule has 9 heteroatoms. The van der Waals surface area contributed by atoms with Gasteiger partial charge in [-0.15, -0.1) is 0 Å². The van der Waals surface area contributed by atoms with Crippen LogP contribution in [-0.2, 0) is 23.9 Å². The van der Waals surface area contributed by atoms with Gasteiger partial charge in [0.1, 0.15) is 6.54 Å². The number of nitrogens with zero attached hydrogens (tertiary/aromatic N) is 2. The molecule has 0 aromatic heterocycles. The minimum Gasteiger partial charge on any atom is -0.480 e. The number of methoxy groups -OCH3 is 2. The molecule has 0 spiro atoms. The molecule has 0 saturated heterocycles. The lowest BCUT2D eigenvalue weighted by Crippen LogP contribution is -2.39. The van der Waals surface area contributed by atoms with Crippen LogP contribution in [0.15, 0.2) is 0 Å². The molecule has 0 heterocycles. The summed E-state index contributed by atoms with van der Waals surface area (Å²) in [6.45, 7) is 0.459. The predicted octanol–water partition coefficient (Wildman–Crippen LogP) is -0.629. The highest BCUT2D eigenvalue weighted by Crippen LogP contribution is 2.00. The number of hydrogen-bond donors (Lipinski definition) is 1. The quantitative estimate of drug-likeness (QED) is 0.317. The van der Waals surface area contributed by atoms with Crippen LogP contribution in [-0.4, -0.2) is 78.0 Å². The normalized spacial score (nSPS) is 10.6. The van der Waals surface area contributed by atoms with Crippen molar-refractivity contribution in [3.63, 3.8) is 0 Å². The molecule has 0 aliphatic rings. The van der Waals surface area contributed by atoms with Crippen LogP contribution in [0.25, 0.3) is 0 Å². The van der Waals surface area contributed by atoms with E-state index in [2.05, 4.69) is 9.47 Å². The Labute approximate surface area is 125 Å². The molecule has 0 rings (SSSR count). The van der Waals surface area contributed by atoms with Gasteiger partial charge in [0.15, 0.2) is 0 Å². The number of carboxylic acid groups (broad SMARTS) is 1. The lowest BCUT2D eigenvalue weighted by molar-refractivity contribution is -0.145. The monoisotopic (exact) mass is 388 g/mol. The predicted molar refractivity (Wildman–Crippen MR) is 73.7 cm³/mol. The van der Waals surface area contributed by atoms with Crippen molar-refractivity contribution < 1.29 is 29.0 Å². The van der Waals surface area contributed by atoms with Crippen molar-refractivity contribution in [1.29, 1.82) is 0 Å². The van der Waals surface area contributed by atoms with Gasteiger partial charge in [-0.05, 0) is 0 Å². The zero-order valence-corrected chi connectivity index (χ0v) is 13.0. The number of carbonyl (C=O) groups is 3. The van der Waals surface area contributed by atoms with E-state index in [1.807, 2.05) is 22.9 Å². The summed E-state index contributed by atoms with van der Waals surface area (Å²) in [7, 11) is 2.53. The van der Waals surface area contributed by atoms with Gasteiger partial charge >= 0.3 is 17.9 Å². The molecule has 0 unspecified atom stereocenters. The molecular weight excluding hydrogens is 371 g/mol. The van der Waals surface area contributed by atoms with Gasteiger partial charge in [-0.25, -0.2) is 3.11 Å². The minimum atomic E-state index is -1.03. The van der Waals surface area contributed by atoms with Crippen molar-refractivity contribution in [3.05, 3.63) is 0 Å². The molecule has 110 valence electrons. The van der Waals surface area contributed by atoms with Crippen molar-refractivity contribution in [1.82, 2.24) is 8.01 Å². The van der Waals surface area contributed by atoms with Crippen LogP contribution < -0.4 is 0 Å². The van der Waals surface area contributed by atoms with Crippen LogP contribution in [0.3, 0.4) is 0 Å². The molecule has 0 atom stereocenters. The maximum Gasteiger partial charge on any atom is 0.320 e. The number of aliphatic carboxylic acids is 1. The van der Waals surface area contributed by atoms with Gasteiger partial charge in [0.25, 0.3) is 0 Å². The summed E-state index contributed by atoms with van der Waals surface area (Å²) in [6.07, 6.45) is 0. The highest BCUT2D eigenvalue weighted by molar-refractivity contribution is 14.1. The van der Waals surface area contributed by atoms with Crippen molar-refractivity contribution in [3.8, 4) is 0 Å². The molecular formula is C10H17IN2O6. The van der Waals surface area contributed by atoms with E-state index in [1.54, 1.807) is 3.11 Å². The van der Waals surface area contributed by atoms with Crippen LogP contribution in [0, 0.1) is 0 Å². The zero-order valence-electron chi connectivity index (χ0n) is 10.8. The van der Waals surface area contributed by atoms with Crippen LogP contribution in [0.4, 0.5) is 0 Å². The van der Waals surface area contributed by atoms with Gasteiger partial charge in [0.2, 0.25) is 0 Å². The Morgan fingerprint density at radius 3 is 2.00 bits per heavy atom. The number of halogens is 1. The van der Waals surface area contributed by atoms with E-state index in [9.17, 15) is 14.4 Å². The van der Waals surface area contributed by atoms with Gasteiger partial charge in [-0.2, -0.15) is 0 Å². The number of carboxylic acids is 1. The van der Waals surface area contributed by atoms with E-state index < -0.39 is 11.9 Å². The van der Waals surface area contributed by atoms with Crippen molar-refractivity contribution in [2.75, 3.05) is 46.9 Å². The smallest absolute Gasteiger partial charge is 0.320 e. The number of rotatable bonds is 9. The average molecular weight is 388 g/mol. The average Bonchev–Trinajstić information content (AvgIpc) is 2.34. The molecule has 0 aromatic rings. The molecule has 19 heavy (non-hydrogen) atoms. The fraction of sp³-hybridized carbons (Fsp3) is 0.700. The first-order chi connectivity index (χ1) is 8.88. The number of carbonyl (C=O) groups excluding carboxylic acids is 2. The maximum atomic E-state index is 11.1. The first kappa shape index (κ1) is 18.1. The first-order valence-electron chi connectivity index (χ1n) is 5.37. The largest absolute Gasteiger partial charge is 0.480 e. The first-order valence-corrected chi connectivity index (χ1v) is 6.34. The number of hydrogen-bond acceptors (Lipinski definition) is 7. The molecule has 0 radical (unpaired) electrons. The summed E-state index contributed by atoms with van der Waals surface area (Å²) in [4.78, 5) is 34.2. The van der Waals surface area contributed by atoms with E-state index in [0.29, 0.717) is 13.1 Å². The second kappa shape index (κ2) is 9.92. The number of esters is 2. The summed E-state index contributed by atoms with van der Waals surface area (Å²) in [5.74, 6) is -1.92. The second-order valence-electron chi connectivity index (χ2n) is 3.60. The zero-order chi connectivity index (χ0) is 14.8. The van der Waals surface area contributed by atoms with Crippen LogP contribution in [0.5, 0.6) is 0 Å². The lowest BCUT2D eigenvalue weighted by Gasteiger charge is -2.21. The molecule has 0 aromatic carbocycles.